The van der Waals surface area contributed by atoms with Crippen LogP contribution in [-0.2, 0) is 14.3 Å². The van der Waals surface area contributed by atoms with Crippen molar-refractivity contribution >= 4 is 17.8 Å². The van der Waals surface area contributed by atoms with Crippen molar-refractivity contribution in [2.45, 2.75) is 13.8 Å². The third kappa shape index (κ3) is 4.68. The molecule has 0 N–H and O–H groups in total. The zero-order valence-electron chi connectivity index (χ0n) is 14.2. The smallest absolute Gasteiger partial charge is 0.330 e. The summed E-state index contributed by atoms with van der Waals surface area (Å²) >= 11 is 0. The van der Waals surface area contributed by atoms with E-state index in [-0.39, 0.29) is 5.91 Å². The van der Waals surface area contributed by atoms with Gasteiger partial charge in [-0.15, -0.1) is 0 Å². The van der Waals surface area contributed by atoms with Gasteiger partial charge in [0, 0.05) is 50.1 Å². The quantitative estimate of drug-likeness (QED) is 0.574. The number of nitrogens with zero attached hydrogens (tertiary/aromatic N) is 4. The molecule has 0 bridgehead atoms. The monoisotopic (exact) mass is 334 g/mol. The van der Waals surface area contributed by atoms with E-state index in [9.17, 15) is 9.59 Å². The molecule has 1 amide bonds. The first kappa shape index (κ1) is 17.7. The maximum absolute atomic E-state index is 12.0. The fraction of sp³-hybridized carbons (Fsp3) is 0.500. The number of amides is 1. The Kier molecular flexibility index (Phi) is 6.11. The van der Waals surface area contributed by atoms with Crippen LogP contribution in [-0.4, -0.2) is 66.6 Å². The van der Waals surface area contributed by atoms with Crippen LogP contribution in [0.5, 0.6) is 5.88 Å². The summed E-state index contributed by atoms with van der Waals surface area (Å²) in [5.41, 5.74) is 0.836. The van der Waals surface area contributed by atoms with E-state index in [2.05, 4.69) is 14.7 Å². The molecular weight excluding hydrogens is 312 g/mol. The summed E-state index contributed by atoms with van der Waals surface area (Å²) in [6, 6.07) is 1.80. The third-order valence-corrected chi connectivity index (χ3v) is 3.55. The van der Waals surface area contributed by atoms with Gasteiger partial charge in [-0.25, -0.2) is 9.78 Å². The number of esters is 1. The molecule has 1 aliphatic rings. The molecule has 1 aromatic rings. The van der Waals surface area contributed by atoms with Crippen molar-refractivity contribution in [1.82, 2.24) is 14.9 Å². The molecule has 1 aromatic heterocycles. The summed E-state index contributed by atoms with van der Waals surface area (Å²) in [6.45, 7) is 6.65. The second-order valence-electron chi connectivity index (χ2n) is 5.25. The Balaban J connectivity index is 1.96. The average Bonchev–Trinajstić information content (AvgIpc) is 2.59. The summed E-state index contributed by atoms with van der Waals surface area (Å²) < 4.78 is 9.92. The standard InChI is InChI=1S/C16H22N4O4/c1-4-24-13-11-12(2)17-16(18-13)20-9-7-19(8-10-20)14(21)5-6-15(22)23-3/h5-6,11H,4,7-10H2,1-3H3/b6-5+. The van der Waals surface area contributed by atoms with E-state index in [0.29, 0.717) is 44.6 Å². The normalized spacial score (nSPS) is 14.8. The van der Waals surface area contributed by atoms with Crippen molar-refractivity contribution in [2.75, 3.05) is 44.8 Å². The molecule has 0 saturated carbocycles. The van der Waals surface area contributed by atoms with Crippen molar-refractivity contribution < 1.29 is 19.1 Å². The molecule has 0 aliphatic carbocycles. The fourth-order valence-electron chi connectivity index (χ4n) is 2.33. The van der Waals surface area contributed by atoms with E-state index >= 15 is 0 Å². The zero-order valence-corrected chi connectivity index (χ0v) is 14.2. The van der Waals surface area contributed by atoms with Crippen molar-refractivity contribution in [1.29, 1.82) is 0 Å². The molecule has 2 rings (SSSR count). The second kappa shape index (κ2) is 8.28. The van der Waals surface area contributed by atoms with Crippen molar-refractivity contribution in [3.8, 4) is 5.88 Å². The predicted molar refractivity (Wildman–Crippen MR) is 87.9 cm³/mol. The number of aryl methyl sites for hydroxylation is 1. The van der Waals surface area contributed by atoms with Gasteiger partial charge >= 0.3 is 5.97 Å². The molecular formula is C16H22N4O4. The van der Waals surface area contributed by atoms with Gasteiger partial charge in [0.1, 0.15) is 0 Å². The number of carbonyl (C=O) groups excluding carboxylic acids is 2. The Morgan fingerprint density at radius 3 is 2.54 bits per heavy atom. The average molecular weight is 334 g/mol. The summed E-state index contributed by atoms with van der Waals surface area (Å²) in [5, 5.41) is 0. The number of anilines is 1. The maximum atomic E-state index is 12.0. The lowest BCUT2D eigenvalue weighted by Crippen LogP contribution is -2.49. The molecule has 0 unspecified atom stereocenters. The minimum atomic E-state index is -0.543. The van der Waals surface area contributed by atoms with E-state index in [1.165, 1.54) is 13.2 Å². The van der Waals surface area contributed by atoms with Gasteiger partial charge in [0.2, 0.25) is 17.7 Å². The van der Waals surface area contributed by atoms with Gasteiger partial charge in [-0.1, -0.05) is 0 Å². The number of hydrogen-bond acceptors (Lipinski definition) is 7. The Hall–Kier alpha value is -2.64. The number of hydrogen-bond donors (Lipinski definition) is 0. The van der Waals surface area contributed by atoms with Gasteiger partial charge < -0.3 is 19.3 Å². The van der Waals surface area contributed by atoms with Gasteiger partial charge in [0.25, 0.3) is 0 Å². The molecule has 0 atom stereocenters. The van der Waals surface area contributed by atoms with Gasteiger partial charge in [0.05, 0.1) is 13.7 Å². The number of ether oxygens (including phenoxy) is 2. The van der Waals surface area contributed by atoms with Crippen LogP contribution in [0.25, 0.3) is 0 Å². The highest BCUT2D eigenvalue weighted by atomic mass is 16.5. The highest BCUT2D eigenvalue weighted by molar-refractivity contribution is 5.94. The minimum absolute atomic E-state index is 0.208. The van der Waals surface area contributed by atoms with Crippen LogP contribution < -0.4 is 9.64 Å². The summed E-state index contributed by atoms with van der Waals surface area (Å²) in [6.07, 6.45) is 2.37. The van der Waals surface area contributed by atoms with E-state index in [1.54, 1.807) is 11.0 Å². The lowest BCUT2D eigenvalue weighted by molar-refractivity contribution is -0.135. The van der Waals surface area contributed by atoms with Gasteiger partial charge in [-0.2, -0.15) is 4.98 Å². The topological polar surface area (TPSA) is 84.9 Å². The first-order valence-electron chi connectivity index (χ1n) is 7.82. The maximum Gasteiger partial charge on any atom is 0.330 e. The SMILES string of the molecule is CCOc1cc(C)nc(N2CCN(C(=O)/C=C/C(=O)OC)CC2)n1. The number of methoxy groups -OCH3 is 1. The number of rotatable bonds is 5. The van der Waals surface area contributed by atoms with Crippen LogP contribution in [0.1, 0.15) is 12.6 Å². The van der Waals surface area contributed by atoms with Crippen molar-refractivity contribution in [3.05, 3.63) is 23.9 Å². The van der Waals surface area contributed by atoms with Crippen LogP contribution in [0.2, 0.25) is 0 Å². The van der Waals surface area contributed by atoms with Crippen LogP contribution >= 0.6 is 0 Å². The third-order valence-electron chi connectivity index (χ3n) is 3.55. The van der Waals surface area contributed by atoms with Crippen molar-refractivity contribution in [3.63, 3.8) is 0 Å². The fourth-order valence-corrected chi connectivity index (χ4v) is 2.33. The lowest BCUT2D eigenvalue weighted by Gasteiger charge is -2.34. The molecule has 130 valence electrons. The highest BCUT2D eigenvalue weighted by Gasteiger charge is 2.22. The predicted octanol–water partition coefficient (Wildman–Crippen LogP) is 0.562. The molecule has 0 aromatic carbocycles. The molecule has 1 saturated heterocycles. The van der Waals surface area contributed by atoms with Gasteiger partial charge in [-0.3, -0.25) is 4.79 Å². The Morgan fingerprint density at radius 1 is 1.21 bits per heavy atom. The molecule has 0 spiro atoms. The van der Waals surface area contributed by atoms with E-state index in [1.807, 2.05) is 18.7 Å². The summed E-state index contributed by atoms with van der Waals surface area (Å²) in [7, 11) is 1.27. The number of piperazine rings is 1. The van der Waals surface area contributed by atoms with Gasteiger partial charge in [-0.05, 0) is 13.8 Å². The number of carbonyl (C=O) groups is 2. The van der Waals surface area contributed by atoms with Crippen LogP contribution in [0, 0.1) is 6.92 Å². The van der Waals surface area contributed by atoms with Crippen LogP contribution in [0.15, 0.2) is 18.2 Å². The van der Waals surface area contributed by atoms with Crippen molar-refractivity contribution in [2.24, 2.45) is 0 Å². The minimum Gasteiger partial charge on any atom is -0.478 e. The summed E-state index contributed by atoms with van der Waals surface area (Å²) in [5.74, 6) is 0.411. The first-order chi connectivity index (χ1) is 11.5. The molecule has 2 heterocycles. The van der Waals surface area contributed by atoms with Gasteiger partial charge in [0.15, 0.2) is 0 Å². The Morgan fingerprint density at radius 2 is 1.92 bits per heavy atom. The van der Waals surface area contributed by atoms with Crippen LogP contribution in [0.4, 0.5) is 5.95 Å². The van der Waals surface area contributed by atoms with E-state index < -0.39 is 5.97 Å². The molecule has 1 aliphatic heterocycles. The molecule has 8 heteroatoms. The number of aromatic nitrogens is 2. The Bertz CT molecular complexity index is 625. The molecule has 1 fully saturated rings. The molecule has 0 radical (unpaired) electrons. The molecule has 8 nitrogen and oxygen atoms in total. The van der Waals surface area contributed by atoms with E-state index in [4.69, 9.17) is 4.74 Å². The Labute approximate surface area is 141 Å². The first-order valence-corrected chi connectivity index (χ1v) is 7.82. The highest BCUT2D eigenvalue weighted by Crippen LogP contribution is 2.17. The summed E-state index contributed by atoms with van der Waals surface area (Å²) in [4.78, 5) is 35.6. The zero-order chi connectivity index (χ0) is 17.5. The molecule has 24 heavy (non-hydrogen) atoms. The largest absolute Gasteiger partial charge is 0.478 e. The van der Waals surface area contributed by atoms with Crippen LogP contribution in [0.3, 0.4) is 0 Å². The van der Waals surface area contributed by atoms with E-state index in [0.717, 1.165) is 11.8 Å². The second-order valence-corrected chi connectivity index (χ2v) is 5.25. The lowest BCUT2D eigenvalue weighted by atomic mass is 10.3.